The monoisotopic (exact) mass is 465 g/mol. The van der Waals surface area contributed by atoms with Crippen molar-refractivity contribution >= 4 is 28.8 Å². The summed E-state index contributed by atoms with van der Waals surface area (Å²) in [5.41, 5.74) is 5.92. The van der Waals surface area contributed by atoms with E-state index in [1.54, 1.807) is 0 Å². The largest absolute Gasteiger partial charge is 0.372 e. The van der Waals surface area contributed by atoms with E-state index in [9.17, 15) is 9.59 Å². The van der Waals surface area contributed by atoms with Crippen LogP contribution in [0.25, 0.3) is 0 Å². The number of para-hydroxylation sites is 2. The average Bonchev–Trinajstić information content (AvgIpc) is 3.05. The van der Waals surface area contributed by atoms with E-state index in [0.717, 1.165) is 54.3 Å². The Hall–Kier alpha value is -3.86. The molecule has 0 saturated carbocycles. The number of fused-ring (bicyclic) bond motifs is 1. The number of allylic oxidation sites excluding steroid dienone is 1. The summed E-state index contributed by atoms with van der Waals surface area (Å²) in [5, 5.41) is 3.53. The van der Waals surface area contributed by atoms with Crippen LogP contribution < -0.4 is 15.1 Å². The van der Waals surface area contributed by atoms with Gasteiger partial charge in [-0.3, -0.25) is 14.5 Å². The minimum atomic E-state index is -0.507. The lowest BCUT2D eigenvalue weighted by molar-refractivity contribution is -0.116. The Morgan fingerprint density at radius 1 is 0.914 bits per heavy atom. The van der Waals surface area contributed by atoms with Crippen LogP contribution in [0.4, 0.5) is 17.1 Å². The molecular formula is C30H31N3O2. The Morgan fingerprint density at radius 2 is 1.60 bits per heavy atom. The molecule has 1 aliphatic heterocycles. The minimum Gasteiger partial charge on any atom is -0.372 e. The quantitative estimate of drug-likeness (QED) is 0.477. The van der Waals surface area contributed by atoms with Gasteiger partial charge in [0.05, 0.1) is 17.4 Å². The molecule has 5 nitrogen and oxygen atoms in total. The molecule has 178 valence electrons. The number of amides is 1. The highest BCUT2D eigenvalue weighted by atomic mass is 16.2. The Morgan fingerprint density at radius 3 is 2.31 bits per heavy atom. The minimum absolute atomic E-state index is 0.107. The Labute approximate surface area is 207 Å². The maximum atomic E-state index is 14.1. The predicted octanol–water partition coefficient (Wildman–Crippen LogP) is 6.35. The average molecular weight is 466 g/mol. The maximum absolute atomic E-state index is 14.1. The van der Waals surface area contributed by atoms with E-state index < -0.39 is 6.04 Å². The SMILES string of the molecule is CCN(CC)c1ccc(C2C3=C(CCCC3=O)Nc3ccccc3N2C(=O)c2ccccc2)cc1. The number of carbonyl (C=O) groups excluding carboxylic acids is 2. The van der Waals surface area contributed by atoms with Gasteiger partial charge >= 0.3 is 0 Å². The van der Waals surface area contributed by atoms with Crippen LogP contribution in [0.2, 0.25) is 0 Å². The number of nitrogens with zero attached hydrogens (tertiary/aromatic N) is 2. The molecule has 1 N–H and O–H groups in total. The van der Waals surface area contributed by atoms with Crippen molar-refractivity contribution in [3.8, 4) is 0 Å². The second kappa shape index (κ2) is 9.79. The van der Waals surface area contributed by atoms with E-state index in [2.05, 4.69) is 48.3 Å². The first-order chi connectivity index (χ1) is 17.1. The molecule has 3 aromatic carbocycles. The Balaban J connectivity index is 1.72. The van der Waals surface area contributed by atoms with Crippen molar-refractivity contribution in [2.45, 2.75) is 39.2 Å². The van der Waals surface area contributed by atoms with Crippen molar-refractivity contribution in [1.29, 1.82) is 0 Å². The molecule has 1 heterocycles. The lowest BCUT2D eigenvalue weighted by Crippen LogP contribution is -2.38. The molecule has 0 spiro atoms. The fourth-order valence-corrected chi connectivity index (χ4v) is 5.25. The van der Waals surface area contributed by atoms with Gasteiger partial charge in [0.2, 0.25) is 0 Å². The zero-order valence-corrected chi connectivity index (χ0v) is 20.3. The van der Waals surface area contributed by atoms with Gasteiger partial charge in [0.25, 0.3) is 5.91 Å². The van der Waals surface area contributed by atoms with Crippen LogP contribution in [0, 0.1) is 0 Å². The Bertz CT molecular complexity index is 1260. The van der Waals surface area contributed by atoms with E-state index in [4.69, 9.17) is 0 Å². The first-order valence-electron chi connectivity index (χ1n) is 12.5. The van der Waals surface area contributed by atoms with Crippen molar-refractivity contribution in [2.75, 3.05) is 28.2 Å². The van der Waals surface area contributed by atoms with E-state index >= 15 is 0 Å². The van der Waals surface area contributed by atoms with Crippen molar-refractivity contribution in [1.82, 2.24) is 0 Å². The standard InChI is InChI=1S/C30H31N3O2/c1-3-32(4-2)23-19-17-21(18-20-23)29-28-25(14-10-16-27(28)34)31-24-13-8-9-15-26(24)33(29)30(35)22-11-6-5-7-12-22/h5-9,11-13,15,17-20,29,31H,3-4,10,14,16H2,1-2H3. The number of Topliss-reactive ketones (excluding diaryl/α,β-unsaturated/α-hetero) is 1. The van der Waals surface area contributed by atoms with Crippen molar-refractivity contribution in [3.05, 3.63) is 101 Å². The first kappa shape index (κ1) is 22.9. The van der Waals surface area contributed by atoms with Crippen LogP contribution in [0.1, 0.15) is 55.1 Å². The van der Waals surface area contributed by atoms with Crippen LogP contribution in [-0.4, -0.2) is 24.8 Å². The van der Waals surface area contributed by atoms with Crippen LogP contribution in [0.5, 0.6) is 0 Å². The van der Waals surface area contributed by atoms with Gasteiger partial charge in [-0.15, -0.1) is 0 Å². The first-order valence-corrected chi connectivity index (χ1v) is 12.5. The van der Waals surface area contributed by atoms with E-state index in [0.29, 0.717) is 17.6 Å². The van der Waals surface area contributed by atoms with E-state index in [1.165, 1.54) is 0 Å². The zero-order chi connectivity index (χ0) is 24.4. The van der Waals surface area contributed by atoms with Gasteiger partial charge in [-0.25, -0.2) is 0 Å². The molecule has 0 fully saturated rings. The summed E-state index contributed by atoms with van der Waals surface area (Å²) < 4.78 is 0. The molecule has 1 unspecified atom stereocenters. The highest BCUT2D eigenvalue weighted by molar-refractivity contribution is 6.11. The van der Waals surface area contributed by atoms with Crippen LogP contribution in [-0.2, 0) is 4.79 Å². The fourth-order valence-electron chi connectivity index (χ4n) is 5.25. The molecule has 5 heteroatoms. The maximum Gasteiger partial charge on any atom is 0.259 e. The third-order valence-electron chi connectivity index (χ3n) is 7.01. The normalized spacial score (nSPS) is 17.3. The predicted molar refractivity (Wildman–Crippen MR) is 142 cm³/mol. The van der Waals surface area contributed by atoms with Crippen molar-refractivity contribution in [3.63, 3.8) is 0 Å². The lowest BCUT2D eigenvalue weighted by Gasteiger charge is -2.34. The molecule has 0 aromatic heterocycles. The topological polar surface area (TPSA) is 52.7 Å². The number of rotatable bonds is 5. The van der Waals surface area contributed by atoms with E-state index in [-0.39, 0.29) is 11.7 Å². The van der Waals surface area contributed by atoms with Crippen LogP contribution in [0.3, 0.4) is 0 Å². The van der Waals surface area contributed by atoms with Gasteiger partial charge in [0.1, 0.15) is 0 Å². The molecule has 0 bridgehead atoms. The molecule has 1 aliphatic carbocycles. The molecular weight excluding hydrogens is 434 g/mol. The summed E-state index contributed by atoms with van der Waals surface area (Å²) in [5.74, 6) is -0.0139. The van der Waals surface area contributed by atoms with Gasteiger partial charge in [0.15, 0.2) is 5.78 Å². The second-order valence-corrected chi connectivity index (χ2v) is 9.02. The number of nitrogens with one attached hydrogen (secondary N) is 1. The molecule has 5 rings (SSSR count). The number of hydrogen-bond donors (Lipinski definition) is 1. The summed E-state index contributed by atoms with van der Waals surface area (Å²) in [7, 11) is 0. The summed E-state index contributed by atoms with van der Waals surface area (Å²) in [4.78, 5) is 31.7. The van der Waals surface area contributed by atoms with Crippen LogP contribution >= 0.6 is 0 Å². The van der Waals surface area contributed by atoms with Gasteiger partial charge in [0, 0.05) is 42.0 Å². The molecule has 2 aliphatic rings. The van der Waals surface area contributed by atoms with E-state index in [1.807, 2.05) is 59.5 Å². The third-order valence-corrected chi connectivity index (χ3v) is 7.01. The summed E-state index contributed by atoms with van der Waals surface area (Å²) in [6.07, 6.45) is 2.10. The smallest absolute Gasteiger partial charge is 0.259 e. The van der Waals surface area contributed by atoms with Crippen molar-refractivity contribution in [2.24, 2.45) is 0 Å². The molecule has 3 aromatic rings. The number of anilines is 3. The summed E-state index contributed by atoms with van der Waals surface area (Å²) in [6, 6.07) is 25.0. The summed E-state index contributed by atoms with van der Waals surface area (Å²) in [6.45, 7) is 6.12. The van der Waals surface area contributed by atoms with Gasteiger partial charge in [-0.1, -0.05) is 42.5 Å². The number of ketones is 1. The van der Waals surface area contributed by atoms with Gasteiger partial charge in [-0.2, -0.15) is 0 Å². The lowest BCUT2D eigenvalue weighted by atomic mass is 9.85. The second-order valence-electron chi connectivity index (χ2n) is 9.02. The number of carbonyl (C=O) groups is 2. The molecule has 35 heavy (non-hydrogen) atoms. The molecule has 0 radical (unpaired) electrons. The molecule has 1 atom stereocenters. The zero-order valence-electron chi connectivity index (χ0n) is 20.3. The van der Waals surface area contributed by atoms with Gasteiger partial charge < -0.3 is 10.2 Å². The number of benzene rings is 3. The highest BCUT2D eigenvalue weighted by Gasteiger charge is 2.39. The Kier molecular flexibility index (Phi) is 6.41. The van der Waals surface area contributed by atoms with Crippen molar-refractivity contribution < 1.29 is 9.59 Å². The highest BCUT2D eigenvalue weighted by Crippen LogP contribution is 2.45. The third kappa shape index (κ3) is 4.23. The summed E-state index contributed by atoms with van der Waals surface area (Å²) >= 11 is 0. The molecule has 0 saturated heterocycles. The van der Waals surface area contributed by atoms with Crippen LogP contribution in [0.15, 0.2) is 90.1 Å². The number of hydrogen-bond acceptors (Lipinski definition) is 4. The fraction of sp³-hybridized carbons (Fsp3) is 0.267. The molecule has 1 amide bonds. The van der Waals surface area contributed by atoms with Gasteiger partial charge in [-0.05, 0) is 68.7 Å².